The highest BCUT2D eigenvalue weighted by atomic mass is 16.5. The van der Waals surface area contributed by atoms with Crippen molar-refractivity contribution in [3.05, 3.63) is 76.6 Å². The summed E-state index contributed by atoms with van der Waals surface area (Å²) in [5, 5.41) is 10.7. The summed E-state index contributed by atoms with van der Waals surface area (Å²) >= 11 is 0. The minimum absolute atomic E-state index is 0.0488. The number of nitrogens with one attached hydrogen (secondary N) is 2. The van der Waals surface area contributed by atoms with Gasteiger partial charge in [0.25, 0.3) is 11.8 Å². The molecule has 0 spiro atoms. The second-order valence-electron chi connectivity index (χ2n) is 15.3. The van der Waals surface area contributed by atoms with Crippen LogP contribution in [0.4, 0.5) is 16.2 Å². The molecule has 0 unspecified atom stereocenters. The molecular formula is C40H56N8O4. The first-order valence-electron chi connectivity index (χ1n) is 18.9. The van der Waals surface area contributed by atoms with Crippen molar-refractivity contribution >= 4 is 29.2 Å². The van der Waals surface area contributed by atoms with E-state index in [4.69, 9.17) is 9.84 Å². The molecule has 280 valence electrons. The molecule has 1 aromatic heterocycles. The molecule has 2 fully saturated rings. The molecule has 6 rings (SSSR count). The van der Waals surface area contributed by atoms with Crippen molar-refractivity contribution in [3.63, 3.8) is 0 Å². The molecule has 4 heterocycles. The molecule has 3 aliphatic rings. The van der Waals surface area contributed by atoms with Crippen molar-refractivity contribution in [2.45, 2.75) is 77.6 Å². The van der Waals surface area contributed by atoms with Crippen LogP contribution in [0.2, 0.25) is 0 Å². The van der Waals surface area contributed by atoms with Crippen molar-refractivity contribution in [1.29, 1.82) is 0 Å². The van der Waals surface area contributed by atoms with Crippen LogP contribution in [-0.2, 0) is 17.8 Å². The maximum Gasteiger partial charge on any atom is 0.321 e. The summed E-state index contributed by atoms with van der Waals surface area (Å²) in [6, 6.07) is 15.3. The molecule has 2 atom stereocenters. The number of benzene rings is 2. The Bertz CT molecular complexity index is 1690. The molecule has 0 bridgehead atoms. The minimum Gasteiger partial charge on any atom is -0.377 e. The molecule has 0 aliphatic carbocycles. The second kappa shape index (κ2) is 16.5. The van der Waals surface area contributed by atoms with Gasteiger partial charge in [0.05, 0.1) is 6.10 Å². The van der Waals surface area contributed by atoms with Crippen LogP contribution in [0.1, 0.15) is 96.1 Å². The number of rotatable bonds is 11. The highest BCUT2D eigenvalue weighted by Crippen LogP contribution is 2.35. The Morgan fingerprint density at radius 3 is 2.33 bits per heavy atom. The molecule has 0 radical (unpaired) electrons. The molecule has 4 amide bonds. The van der Waals surface area contributed by atoms with Gasteiger partial charge in [-0.2, -0.15) is 5.10 Å². The molecule has 2 saturated heterocycles. The zero-order valence-corrected chi connectivity index (χ0v) is 31.7. The molecule has 0 saturated carbocycles. The van der Waals surface area contributed by atoms with E-state index >= 15 is 0 Å². The van der Waals surface area contributed by atoms with Gasteiger partial charge in [0.1, 0.15) is 0 Å². The first kappa shape index (κ1) is 37.3. The van der Waals surface area contributed by atoms with Crippen LogP contribution < -0.4 is 15.5 Å². The summed E-state index contributed by atoms with van der Waals surface area (Å²) in [5.41, 5.74) is 5.79. The third-order valence-corrected chi connectivity index (χ3v) is 10.7. The first-order chi connectivity index (χ1) is 25.0. The summed E-state index contributed by atoms with van der Waals surface area (Å²) in [6.45, 7) is 12.9. The van der Waals surface area contributed by atoms with E-state index in [0.29, 0.717) is 42.1 Å². The lowest BCUT2D eigenvalue weighted by Crippen LogP contribution is -2.42. The molecule has 12 heteroatoms. The van der Waals surface area contributed by atoms with Crippen LogP contribution >= 0.6 is 0 Å². The van der Waals surface area contributed by atoms with E-state index in [0.717, 1.165) is 74.7 Å². The van der Waals surface area contributed by atoms with E-state index in [2.05, 4.69) is 41.2 Å². The fourth-order valence-electron chi connectivity index (χ4n) is 7.75. The highest BCUT2D eigenvalue weighted by Gasteiger charge is 2.33. The number of hydrogen-bond donors (Lipinski definition) is 2. The van der Waals surface area contributed by atoms with Crippen molar-refractivity contribution in [2.75, 3.05) is 70.7 Å². The Hall–Kier alpha value is -4.42. The standard InChI is InChI=1S/C40H56N8O4/c1-27(2)48-37-28(3)23-47(26-35(37)36(43-48)38(49)41-22-29-9-13-32(14-10-29)42-40(51)44(4)5)33-15-11-31(12-16-33)39(50)45(6)24-30-17-19-46(20-18-30)25-34-8-7-21-52-34/h9-16,27-28,30,34H,7-8,17-26H2,1-6H3,(H,41,49)(H,42,51)/t28-,34-/m0/s1. The van der Waals surface area contributed by atoms with Gasteiger partial charge in [-0.15, -0.1) is 0 Å². The lowest BCUT2D eigenvalue weighted by atomic mass is 9.94. The van der Waals surface area contributed by atoms with Crippen molar-refractivity contribution in [3.8, 4) is 0 Å². The van der Waals surface area contributed by atoms with Crippen molar-refractivity contribution < 1.29 is 19.1 Å². The predicted octanol–water partition coefficient (Wildman–Crippen LogP) is 5.57. The lowest BCUT2D eigenvalue weighted by Gasteiger charge is -2.35. The molecule has 12 nitrogen and oxygen atoms in total. The van der Waals surface area contributed by atoms with Gasteiger partial charge in [-0.3, -0.25) is 14.3 Å². The normalized spacial score (nSPS) is 19.4. The molecule has 2 N–H and O–H groups in total. The summed E-state index contributed by atoms with van der Waals surface area (Å²) in [7, 11) is 5.30. The van der Waals surface area contributed by atoms with Gasteiger partial charge in [-0.05, 0) is 100 Å². The number of carbonyl (C=O) groups is 3. The number of amides is 4. The Morgan fingerprint density at radius 1 is 0.981 bits per heavy atom. The zero-order valence-electron chi connectivity index (χ0n) is 31.7. The topological polar surface area (TPSA) is 115 Å². The van der Waals surface area contributed by atoms with Crippen LogP contribution in [0.15, 0.2) is 48.5 Å². The van der Waals surface area contributed by atoms with E-state index < -0.39 is 0 Å². The van der Waals surface area contributed by atoms with Gasteiger partial charge in [-0.25, -0.2) is 4.79 Å². The van der Waals surface area contributed by atoms with Gasteiger partial charge < -0.3 is 35.0 Å². The second-order valence-corrected chi connectivity index (χ2v) is 15.3. The summed E-state index contributed by atoms with van der Waals surface area (Å²) < 4.78 is 7.83. The maximum atomic E-state index is 13.7. The Kier molecular flexibility index (Phi) is 11.8. The van der Waals surface area contributed by atoms with E-state index in [1.165, 1.54) is 17.7 Å². The number of aromatic nitrogens is 2. The number of likely N-dealkylation sites (tertiary alicyclic amines) is 1. The monoisotopic (exact) mass is 712 g/mol. The van der Waals surface area contributed by atoms with Gasteiger partial charge in [0, 0.05) is 101 Å². The molecule has 3 aliphatic heterocycles. The Morgan fingerprint density at radius 2 is 1.69 bits per heavy atom. The summed E-state index contributed by atoms with van der Waals surface area (Å²) in [5.74, 6) is 0.494. The number of nitrogens with zero attached hydrogens (tertiary/aromatic N) is 6. The molecular weight excluding hydrogens is 656 g/mol. The maximum absolute atomic E-state index is 13.7. The quantitative estimate of drug-likeness (QED) is 0.267. The highest BCUT2D eigenvalue weighted by molar-refractivity contribution is 5.95. The largest absolute Gasteiger partial charge is 0.377 e. The molecule has 3 aromatic rings. The van der Waals surface area contributed by atoms with E-state index in [1.54, 1.807) is 14.1 Å². The minimum atomic E-state index is -0.216. The SMILES string of the molecule is CC(C)n1nc(C(=O)NCc2ccc(NC(=O)N(C)C)cc2)c2c1[C@@H](C)CN(c1ccc(C(=O)N(C)CC3CCN(C[C@@H]4CCCO4)CC3)cc1)C2. The summed E-state index contributed by atoms with van der Waals surface area (Å²) in [4.78, 5) is 47.2. The van der Waals surface area contributed by atoms with Gasteiger partial charge in [0.2, 0.25) is 0 Å². The fourth-order valence-corrected chi connectivity index (χ4v) is 7.75. The smallest absolute Gasteiger partial charge is 0.321 e. The Balaban J connectivity index is 1.06. The lowest BCUT2D eigenvalue weighted by molar-refractivity contribution is 0.0544. The number of fused-ring (bicyclic) bond motifs is 1. The summed E-state index contributed by atoms with van der Waals surface area (Å²) in [6.07, 6.45) is 4.96. The number of hydrogen-bond acceptors (Lipinski definition) is 7. The van der Waals surface area contributed by atoms with Crippen LogP contribution in [-0.4, -0.2) is 109 Å². The number of piperidine rings is 1. The van der Waals surface area contributed by atoms with Gasteiger partial charge >= 0.3 is 6.03 Å². The average molecular weight is 713 g/mol. The molecule has 2 aromatic carbocycles. The van der Waals surface area contributed by atoms with Crippen LogP contribution in [0.3, 0.4) is 0 Å². The van der Waals surface area contributed by atoms with Gasteiger partial charge in [0.15, 0.2) is 5.69 Å². The molecule has 52 heavy (non-hydrogen) atoms. The van der Waals surface area contributed by atoms with E-state index in [9.17, 15) is 14.4 Å². The predicted molar refractivity (Wildman–Crippen MR) is 204 cm³/mol. The number of ether oxygens (including phenoxy) is 1. The van der Waals surface area contributed by atoms with Gasteiger partial charge in [-0.1, -0.05) is 19.1 Å². The third-order valence-electron chi connectivity index (χ3n) is 10.7. The average Bonchev–Trinajstić information content (AvgIpc) is 3.80. The van der Waals surface area contributed by atoms with Crippen molar-refractivity contribution in [2.24, 2.45) is 5.92 Å². The van der Waals surface area contributed by atoms with Crippen LogP contribution in [0, 0.1) is 5.92 Å². The number of carbonyl (C=O) groups excluding carboxylic acids is 3. The number of anilines is 2. The first-order valence-corrected chi connectivity index (χ1v) is 18.9. The zero-order chi connectivity index (χ0) is 36.9. The van der Waals surface area contributed by atoms with Crippen LogP contribution in [0.25, 0.3) is 0 Å². The third kappa shape index (κ3) is 8.78. The van der Waals surface area contributed by atoms with Crippen molar-refractivity contribution in [1.82, 2.24) is 29.8 Å². The Labute approximate surface area is 308 Å². The van der Waals surface area contributed by atoms with E-state index in [1.807, 2.05) is 65.2 Å². The van der Waals surface area contributed by atoms with E-state index in [-0.39, 0.29) is 29.8 Å². The van der Waals surface area contributed by atoms with Crippen LogP contribution in [0.5, 0.6) is 0 Å². The number of urea groups is 1. The fraction of sp³-hybridized carbons (Fsp3) is 0.550.